The fraction of sp³-hybridized carbons (Fsp3) is 0.400. The predicted octanol–water partition coefficient (Wildman–Crippen LogP) is 0.238. The van der Waals surface area contributed by atoms with Crippen LogP contribution in [0.3, 0.4) is 0 Å². The van der Waals surface area contributed by atoms with Gasteiger partial charge in [-0.05, 0) is 12.1 Å². The van der Waals surface area contributed by atoms with E-state index in [1.54, 1.807) is 18.5 Å². The highest BCUT2D eigenvalue weighted by Gasteiger charge is 2.04. The van der Waals surface area contributed by atoms with Gasteiger partial charge >= 0.3 is 0 Å². The van der Waals surface area contributed by atoms with E-state index in [0.29, 0.717) is 6.42 Å². The molecule has 70 valence electrons. The van der Waals surface area contributed by atoms with Gasteiger partial charge < -0.3 is 5.32 Å². The number of pyridine rings is 1. The Hall–Kier alpha value is -1.22. The standard InChI is InChI=1S/C10H14N2O/c1-11-6-3-5-10(13)9-4-2-7-12-8-9/h2,4,7-8,11H,3,5-6H2,1H3/p+1. The van der Waals surface area contributed by atoms with Gasteiger partial charge in [0.2, 0.25) is 0 Å². The van der Waals surface area contributed by atoms with Gasteiger partial charge in [-0.15, -0.1) is 0 Å². The first-order valence-corrected chi connectivity index (χ1v) is 4.55. The number of nitrogens with zero attached hydrogens (tertiary/aromatic N) is 1. The number of aromatic nitrogens is 1. The van der Waals surface area contributed by atoms with Crippen molar-refractivity contribution in [2.45, 2.75) is 12.8 Å². The largest absolute Gasteiger partial charge is 0.349 e. The van der Waals surface area contributed by atoms with Crippen LogP contribution in [0.25, 0.3) is 0 Å². The van der Waals surface area contributed by atoms with E-state index in [0.717, 1.165) is 18.5 Å². The maximum atomic E-state index is 11.5. The lowest BCUT2D eigenvalue weighted by Crippen LogP contribution is -2.79. The zero-order chi connectivity index (χ0) is 9.52. The number of carbonyl (C=O) groups is 1. The molecule has 0 saturated heterocycles. The number of Topliss-reactive ketones (excluding diaryl/α,β-unsaturated/α-hetero) is 1. The van der Waals surface area contributed by atoms with Crippen molar-refractivity contribution in [1.82, 2.24) is 4.98 Å². The second-order valence-corrected chi connectivity index (χ2v) is 2.97. The molecule has 0 bridgehead atoms. The monoisotopic (exact) mass is 179 g/mol. The molecule has 0 aliphatic rings. The number of quaternary nitrogens is 1. The minimum atomic E-state index is 0.190. The topological polar surface area (TPSA) is 46.6 Å². The van der Waals surface area contributed by atoms with E-state index >= 15 is 0 Å². The smallest absolute Gasteiger partial charge is 0.164 e. The van der Waals surface area contributed by atoms with Crippen LogP contribution in [-0.4, -0.2) is 24.4 Å². The van der Waals surface area contributed by atoms with Crippen LogP contribution in [0.5, 0.6) is 0 Å². The van der Waals surface area contributed by atoms with E-state index in [1.165, 1.54) is 0 Å². The quantitative estimate of drug-likeness (QED) is 0.520. The Labute approximate surface area is 78.2 Å². The van der Waals surface area contributed by atoms with Crippen molar-refractivity contribution >= 4 is 5.78 Å². The van der Waals surface area contributed by atoms with Gasteiger partial charge in [-0.2, -0.15) is 0 Å². The highest BCUT2D eigenvalue weighted by Crippen LogP contribution is 2.01. The third-order valence-electron chi connectivity index (χ3n) is 1.88. The highest BCUT2D eigenvalue weighted by molar-refractivity contribution is 5.95. The van der Waals surface area contributed by atoms with Gasteiger partial charge in [0.15, 0.2) is 5.78 Å². The van der Waals surface area contributed by atoms with Gasteiger partial charge in [0.1, 0.15) is 0 Å². The van der Waals surface area contributed by atoms with Crippen molar-refractivity contribution in [3.8, 4) is 0 Å². The van der Waals surface area contributed by atoms with Crippen molar-refractivity contribution < 1.29 is 10.1 Å². The average molecular weight is 179 g/mol. The van der Waals surface area contributed by atoms with Crippen LogP contribution < -0.4 is 5.32 Å². The summed E-state index contributed by atoms with van der Waals surface area (Å²) in [5.41, 5.74) is 0.721. The van der Waals surface area contributed by atoms with Crippen LogP contribution in [0, 0.1) is 0 Å². The van der Waals surface area contributed by atoms with E-state index in [9.17, 15) is 4.79 Å². The van der Waals surface area contributed by atoms with Crippen molar-refractivity contribution in [1.29, 1.82) is 0 Å². The Balaban J connectivity index is 2.40. The molecular weight excluding hydrogens is 164 g/mol. The van der Waals surface area contributed by atoms with Gasteiger partial charge in [-0.3, -0.25) is 9.78 Å². The van der Waals surface area contributed by atoms with Crippen molar-refractivity contribution in [2.75, 3.05) is 13.6 Å². The van der Waals surface area contributed by atoms with E-state index in [4.69, 9.17) is 0 Å². The number of hydrogen-bond acceptors (Lipinski definition) is 2. The van der Waals surface area contributed by atoms with E-state index in [2.05, 4.69) is 10.3 Å². The summed E-state index contributed by atoms with van der Waals surface area (Å²) in [5, 5.41) is 2.08. The first-order valence-electron chi connectivity index (χ1n) is 4.55. The Morgan fingerprint density at radius 1 is 1.62 bits per heavy atom. The van der Waals surface area contributed by atoms with Gasteiger partial charge in [0, 0.05) is 30.8 Å². The molecule has 3 nitrogen and oxygen atoms in total. The van der Waals surface area contributed by atoms with Gasteiger partial charge in [0.25, 0.3) is 0 Å². The maximum absolute atomic E-state index is 11.5. The van der Waals surface area contributed by atoms with Crippen LogP contribution in [0.15, 0.2) is 24.5 Å². The van der Waals surface area contributed by atoms with Crippen molar-refractivity contribution in [3.05, 3.63) is 30.1 Å². The lowest BCUT2D eigenvalue weighted by atomic mass is 10.1. The van der Waals surface area contributed by atoms with Gasteiger partial charge in [-0.25, -0.2) is 0 Å². The molecule has 0 radical (unpaired) electrons. The number of rotatable bonds is 5. The molecule has 0 atom stereocenters. The molecule has 0 aliphatic heterocycles. The molecule has 1 aromatic heterocycles. The SMILES string of the molecule is C[NH2+]CCCC(=O)c1cccnc1. The summed E-state index contributed by atoms with van der Waals surface area (Å²) in [4.78, 5) is 15.4. The zero-order valence-corrected chi connectivity index (χ0v) is 7.86. The Morgan fingerprint density at radius 2 is 2.46 bits per heavy atom. The molecule has 1 heterocycles. The summed E-state index contributed by atoms with van der Waals surface area (Å²) >= 11 is 0. The number of ketones is 1. The van der Waals surface area contributed by atoms with E-state index in [1.807, 2.05) is 13.1 Å². The first-order chi connectivity index (χ1) is 6.34. The molecule has 1 aromatic rings. The van der Waals surface area contributed by atoms with Crippen LogP contribution in [0.2, 0.25) is 0 Å². The Bertz CT molecular complexity index is 259. The molecule has 2 N–H and O–H groups in total. The first kappa shape index (κ1) is 9.86. The summed E-state index contributed by atoms with van der Waals surface area (Å²) in [6, 6.07) is 3.60. The summed E-state index contributed by atoms with van der Waals surface area (Å²) in [5.74, 6) is 0.190. The minimum Gasteiger partial charge on any atom is -0.349 e. The van der Waals surface area contributed by atoms with Gasteiger partial charge in [0.05, 0.1) is 13.6 Å². The summed E-state index contributed by atoms with van der Waals surface area (Å²) in [6.45, 7) is 1.01. The van der Waals surface area contributed by atoms with Crippen LogP contribution in [0.1, 0.15) is 23.2 Å². The fourth-order valence-electron chi connectivity index (χ4n) is 1.14. The lowest BCUT2D eigenvalue weighted by Gasteiger charge is -1.98. The third kappa shape index (κ3) is 3.34. The minimum absolute atomic E-state index is 0.190. The highest BCUT2D eigenvalue weighted by atomic mass is 16.1. The molecule has 0 aromatic carbocycles. The molecule has 0 spiro atoms. The molecule has 1 rings (SSSR count). The summed E-state index contributed by atoms with van der Waals surface area (Å²) in [6.07, 6.45) is 4.86. The average Bonchev–Trinajstić information content (AvgIpc) is 2.19. The second kappa shape index (κ2) is 5.43. The van der Waals surface area contributed by atoms with Crippen LogP contribution in [0.4, 0.5) is 0 Å². The summed E-state index contributed by atoms with van der Waals surface area (Å²) in [7, 11) is 2.01. The number of nitrogens with two attached hydrogens (primary N) is 1. The molecule has 0 fully saturated rings. The van der Waals surface area contributed by atoms with Crippen molar-refractivity contribution in [2.24, 2.45) is 0 Å². The molecule has 13 heavy (non-hydrogen) atoms. The van der Waals surface area contributed by atoms with Crippen molar-refractivity contribution in [3.63, 3.8) is 0 Å². The molecule has 0 unspecified atom stereocenters. The molecule has 0 saturated carbocycles. The van der Waals surface area contributed by atoms with E-state index in [-0.39, 0.29) is 5.78 Å². The van der Waals surface area contributed by atoms with Crippen LogP contribution in [-0.2, 0) is 0 Å². The lowest BCUT2D eigenvalue weighted by molar-refractivity contribution is -0.627. The third-order valence-corrected chi connectivity index (χ3v) is 1.88. The molecule has 0 aliphatic carbocycles. The number of carbonyl (C=O) groups excluding carboxylic acids is 1. The maximum Gasteiger partial charge on any atom is 0.164 e. The zero-order valence-electron chi connectivity index (χ0n) is 7.86. The molecule has 3 heteroatoms. The predicted molar refractivity (Wildman–Crippen MR) is 50.5 cm³/mol. The number of hydrogen-bond donors (Lipinski definition) is 1. The second-order valence-electron chi connectivity index (χ2n) is 2.97. The summed E-state index contributed by atoms with van der Waals surface area (Å²) < 4.78 is 0. The van der Waals surface area contributed by atoms with Crippen LogP contribution >= 0.6 is 0 Å². The van der Waals surface area contributed by atoms with E-state index < -0.39 is 0 Å². The molecular formula is C10H15N2O+. The normalized spacial score (nSPS) is 9.92. The Kier molecular flexibility index (Phi) is 4.12. The Morgan fingerprint density at radius 3 is 3.08 bits per heavy atom. The molecule has 0 amide bonds. The fourth-order valence-corrected chi connectivity index (χ4v) is 1.14. The van der Waals surface area contributed by atoms with Gasteiger partial charge in [-0.1, -0.05) is 0 Å².